The van der Waals surface area contributed by atoms with Crippen molar-refractivity contribution in [1.29, 1.82) is 0 Å². The normalized spacial score (nSPS) is 11.4. The lowest BCUT2D eigenvalue weighted by atomic mass is 10.2. The summed E-state index contributed by atoms with van der Waals surface area (Å²) in [5.41, 5.74) is 4.55. The van der Waals surface area contributed by atoms with Crippen LogP contribution in [0.4, 0.5) is 30.6 Å². The molecule has 0 unspecified atom stereocenters. The van der Waals surface area contributed by atoms with E-state index in [0.717, 1.165) is 18.2 Å². The maximum atomic E-state index is 12.6. The first kappa shape index (κ1) is 14.7. The molecule has 0 spiro atoms. The number of benzene rings is 1. The molecule has 0 saturated carbocycles. The van der Waals surface area contributed by atoms with Gasteiger partial charge in [-0.25, -0.2) is 4.98 Å². The summed E-state index contributed by atoms with van der Waals surface area (Å²) in [4.78, 5) is 7.43. The topological polar surface area (TPSA) is 63.8 Å². The quantitative estimate of drug-likeness (QED) is 0.872. The van der Waals surface area contributed by atoms with Gasteiger partial charge in [0.1, 0.15) is 5.02 Å². The Morgan fingerprint density at radius 3 is 2.50 bits per heavy atom. The van der Waals surface area contributed by atoms with Crippen LogP contribution in [-0.2, 0) is 6.18 Å². The molecular weight excluding hydrogens is 316 g/mol. The number of nitrogens with one attached hydrogen (secondary N) is 1. The van der Waals surface area contributed by atoms with Gasteiger partial charge in [0, 0.05) is 0 Å². The number of aromatic nitrogens is 2. The summed E-state index contributed by atoms with van der Waals surface area (Å²) in [5.74, 6) is 0.000361. The standard InChI is InChI=1S/C11H7Cl2F3N4/c12-6-2-1-5(11(14,15)16)3-8(6)19-9-7(13)4-18-10(17)20-9/h1-4H,(H3,17,18,19,20). The van der Waals surface area contributed by atoms with E-state index in [1.54, 1.807) is 0 Å². The third kappa shape index (κ3) is 3.23. The molecule has 1 heterocycles. The van der Waals surface area contributed by atoms with E-state index in [2.05, 4.69) is 15.3 Å². The van der Waals surface area contributed by atoms with Gasteiger partial charge in [0.2, 0.25) is 5.95 Å². The number of hydrogen-bond acceptors (Lipinski definition) is 4. The van der Waals surface area contributed by atoms with Gasteiger partial charge >= 0.3 is 6.18 Å². The third-order valence-electron chi connectivity index (χ3n) is 2.31. The Morgan fingerprint density at radius 1 is 1.15 bits per heavy atom. The van der Waals surface area contributed by atoms with Crippen LogP contribution in [0.2, 0.25) is 10.0 Å². The largest absolute Gasteiger partial charge is 0.416 e. The molecule has 2 rings (SSSR count). The minimum Gasteiger partial charge on any atom is -0.368 e. The monoisotopic (exact) mass is 322 g/mol. The van der Waals surface area contributed by atoms with E-state index in [1.165, 1.54) is 6.20 Å². The molecule has 3 N–H and O–H groups in total. The second-order valence-electron chi connectivity index (χ2n) is 3.74. The summed E-state index contributed by atoms with van der Waals surface area (Å²) < 4.78 is 37.9. The zero-order chi connectivity index (χ0) is 14.9. The molecule has 0 saturated heterocycles. The summed E-state index contributed by atoms with van der Waals surface area (Å²) in [7, 11) is 0. The number of anilines is 3. The molecule has 0 fully saturated rings. The van der Waals surface area contributed by atoms with Crippen LogP contribution in [-0.4, -0.2) is 9.97 Å². The predicted octanol–water partition coefficient (Wildman–Crippen LogP) is 4.13. The maximum absolute atomic E-state index is 12.6. The first-order valence-electron chi connectivity index (χ1n) is 5.19. The molecule has 4 nitrogen and oxygen atoms in total. The van der Waals surface area contributed by atoms with Crippen molar-refractivity contribution >= 4 is 40.7 Å². The van der Waals surface area contributed by atoms with Crippen LogP contribution in [0.3, 0.4) is 0 Å². The van der Waals surface area contributed by atoms with Crippen LogP contribution in [0.1, 0.15) is 5.56 Å². The summed E-state index contributed by atoms with van der Waals surface area (Å²) in [6, 6.07) is 2.87. The Hall–Kier alpha value is -1.73. The van der Waals surface area contributed by atoms with E-state index in [1.807, 2.05) is 0 Å². The van der Waals surface area contributed by atoms with Gasteiger partial charge < -0.3 is 11.1 Å². The molecule has 0 atom stereocenters. The fraction of sp³-hybridized carbons (Fsp3) is 0.0909. The van der Waals surface area contributed by atoms with Crippen molar-refractivity contribution < 1.29 is 13.2 Å². The zero-order valence-corrected chi connectivity index (χ0v) is 11.2. The van der Waals surface area contributed by atoms with Gasteiger partial charge in [-0.2, -0.15) is 18.2 Å². The first-order chi connectivity index (χ1) is 9.27. The van der Waals surface area contributed by atoms with Crippen molar-refractivity contribution in [3.8, 4) is 0 Å². The zero-order valence-electron chi connectivity index (χ0n) is 9.67. The van der Waals surface area contributed by atoms with E-state index in [0.29, 0.717) is 0 Å². The smallest absolute Gasteiger partial charge is 0.368 e. The van der Waals surface area contributed by atoms with Crippen LogP contribution < -0.4 is 11.1 Å². The minimum absolute atomic E-state index is 0.0153. The van der Waals surface area contributed by atoms with E-state index < -0.39 is 11.7 Å². The summed E-state index contributed by atoms with van der Waals surface area (Å²) >= 11 is 11.7. The van der Waals surface area contributed by atoms with Crippen LogP contribution in [0, 0.1) is 0 Å². The van der Waals surface area contributed by atoms with Gasteiger partial charge in [0.25, 0.3) is 0 Å². The number of hydrogen-bond donors (Lipinski definition) is 2. The molecule has 20 heavy (non-hydrogen) atoms. The predicted molar refractivity (Wildman–Crippen MR) is 71.2 cm³/mol. The molecule has 0 aliphatic heterocycles. The van der Waals surface area contributed by atoms with Crippen molar-refractivity contribution in [3.63, 3.8) is 0 Å². The Labute approximate surface area is 121 Å². The average molecular weight is 323 g/mol. The van der Waals surface area contributed by atoms with Crippen molar-refractivity contribution in [1.82, 2.24) is 9.97 Å². The fourth-order valence-corrected chi connectivity index (χ4v) is 1.70. The van der Waals surface area contributed by atoms with Crippen LogP contribution >= 0.6 is 23.2 Å². The SMILES string of the molecule is Nc1ncc(Cl)c(Nc2cc(C(F)(F)F)ccc2Cl)n1. The molecule has 106 valence electrons. The van der Waals surface area contributed by atoms with E-state index in [-0.39, 0.29) is 27.5 Å². The molecule has 0 bridgehead atoms. The number of nitrogens with two attached hydrogens (primary N) is 1. The molecule has 0 radical (unpaired) electrons. The highest BCUT2D eigenvalue weighted by atomic mass is 35.5. The number of halogens is 5. The van der Waals surface area contributed by atoms with Crippen molar-refractivity contribution in [3.05, 3.63) is 40.0 Å². The van der Waals surface area contributed by atoms with Gasteiger partial charge in [-0.1, -0.05) is 23.2 Å². The lowest BCUT2D eigenvalue weighted by Crippen LogP contribution is -2.06. The van der Waals surface area contributed by atoms with E-state index in [4.69, 9.17) is 28.9 Å². The fourth-order valence-electron chi connectivity index (χ4n) is 1.39. The third-order valence-corrected chi connectivity index (χ3v) is 2.92. The second kappa shape index (κ2) is 5.34. The summed E-state index contributed by atoms with van der Waals surface area (Å²) in [6.07, 6.45) is -3.25. The van der Waals surface area contributed by atoms with E-state index in [9.17, 15) is 13.2 Å². The molecule has 0 aliphatic carbocycles. The Balaban J connectivity index is 2.40. The van der Waals surface area contributed by atoms with Gasteiger partial charge in [-0.15, -0.1) is 0 Å². The summed E-state index contributed by atoms with van der Waals surface area (Å²) in [5, 5.41) is 2.79. The lowest BCUT2D eigenvalue weighted by Gasteiger charge is -2.12. The maximum Gasteiger partial charge on any atom is 0.416 e. The van der Waals surface area contributed by atoms with Gasteiger partial charge in [-0.05, 0) is 18.2 Å². The van der Waals surface area contributed by atoms with Crippen LogP contribution in [0.5, 0.6) is 0 Å². The average Bonchev–Trinajstić information content (AvgIpc) is 2.35. The summed E-state index contributed by atoms with van der Waals surface area (Å²) in [6.45, 7) is 0. The van der Waals surface area contributed by atoms with Crippen molar-refractivity contribution in [2.45, 2.75) is 6.18 Å². The Morgan fingerprint density at radius 2 is 1.85 bits per heavy atom. The molecule has 1 aromatic heterocycles. The van der Waals surface area contributed by atoms with E-state index >= 15 is 0 Å². The minimum atomic E-state index is -4.48. The highest BCUT2D eigenvalue weighted by Crippen LogP contribution is 2.35. The number of nitrogen functional groups attached to an aromatic ring is 1. The lowest BCUT2D eigenvalue weighted by molar-refractivity contribution is -0.137. The molecule has 1 aromatic carbocycles. The second-order valence-corrected chi connectivity index (χ2v) is 4.56. The highest BCUT2D eigenvalue weighted by molar-refractivity contribution is 6.34. The number of alkyl halides is 3. The Kier molecular flexibility index (Phi) is 3.92. The first-order valence-corrected chi connectivity index (χ1v) is 5.95. The molecule has 0 aliphatic rings. The molecule has 2 aromatic rings. The van der Waals surface area contributed by atoms with Crippen LogP contribution in [0.25, 0.3) is 0 Å². The van der Waals surface area contributed by atoms with Gasteiger partial charge in [-0.3, -0.25) is 0 Å². The molecular formula is C11H7Cl2F3N4. The molecule has 9 heteroatoms. The number of nitrogens with zero attached hydrogens (tertiary/aromatic N) is 2. The Bertz CT molecular complexity index is 646. The molecule has 0 amide bonds. The van der Waals surface area contributed by atoms with Gasteiger partial charge in [0.05, 0.1) is 22.5 Å². The van der Waals surface area contributed by atoms with Gasteiger partial charge in [0.15, 0.2) is 5.82 Å². The van der Waals surface area contributed by atoms with Crippen molar-refractivity contribution in [2.24, 2.45) is 0 Å². The van der Waals surface area contributed by atoms with Crippen LogP contribution in [0.15, 0.2) is 24.4 Å². The highest BCUT2D eigenvalue weighted by Gasteiger charge is 2.31. The van der Waals surface area contributed by atoms with Crippen molar-refractivity contribution in [2.75, 3.05) is 11.1 Å². The number of rotatable bonds is 2.